The molecule has 60 valence electrons. The van der Waals surface area contributed by atoms with Crippen LogP contribution in [0.5, 0.6) is 0 Å². The van der Waals surface area contributed by atoms with Crippen molar-refractivity contribution in [3.05, 3.63) is 0 Å². The molecule has 0 amide bonds. The van der Waals surface area contributed by atoms with Gasteiger partial charge in [-0.1, -0.05) is 0 Å². The lowest BCUT2D eigenvalue weighted by Gasteiger charge is -2.16. The van der Waals surface area contributed by atoms with E-state index in [0.29, 0.717) is 12.1 Å². The molecule has 1 N–H and O–H groups in total. The number of methoxy groups -OCH3 is 2. The molecule has 1 fully saturated rings. The summed E-state index contributed by atoms with van der Waals surface area (Å²) in [7, 11) is 3.47. The first-order valence-electron chi connectivity index (χ1n) is 3.63. The highest BCUT2D eigenvalue weighted by Gasteiger charge is 2.25. The van der Waals surface area contributed by atoms with Crippen molar-refractivity contribution in [2.45, 2.75) is 18.6 Å². The topological polar surface area (TPSA) is 30.5 Å². The van der Waals surface area contributed by atoms with Crippen molar-refractivity contribution in [1.29, 1.82) is 0 Å². The van der Waals surface area contributed by atoms with Crippen LogP contribution in [0.1, 0.15) is 6.42 Å². The van der Waals surface area contributed by atoms with Gasteiger partial charge in [-0.25, -0.2) is 0 Å². The van der Waals surface area contributed by atoms with Crippen LogP contribution in [0.15, 0.2) is 0 Å². The highest BCUT2D eigenvalue weighted by molar-refractivity contribution is 4.83. The highest BCUT2D eigenvalue weighted by Crippen LogP contribution is 2.09. The van der Waals surface area contributed by atoms with Crippen LogP contribution in [0.2, 0.25) is 0 Å². The van der Waals surface area contributed by atoms with E-state index in [1.807, 2.05) is 0 Å². The second-order valence-corrected chi connectivity index (χ2v) is 2.58. The van der Waals surface area contributed by atoms with E-state index in [4.69, 9.17) is 9.47 Å². The van der Waals surface area contributed by atoms with Crippen molar-refractivity contribution >= 4 is 0 Å². The van der Waals surface area contributed by atoms with Gasteiger partial charge in [0.15, 0.2) is 0 Å². The smallest absolute Gasteiger partial charge is 0.0758 e. The van der Waals surface area contributed by atoms with E-state index >= 15 is 0 Å². The molecule has 3 heteroatoms. The molecular weight excluding hydrogens is 130 g/mol. The van der Waals surface area contributed by atoms with Gasteiger partial charge in [0.1, 0.15) is 0 Å². The van der Waals surface area contributed by atoms with Gasteiger partial charge in [-0.15, -0.1) is 0 Å². The van der Waals surface area contributed by atoms with Gasteiger partial charge in [0.25, 0.3) is 0 Å². The average Bonchev–Trinajstić information content (AvgIpc) is 2.36. The minimum absolute atomic E-state index is 0.347. The predicted octanol–water partition coefficient (Wildman–Crippen LogP) is 0.00970. The Bertz CT molecular complexity index is 97.6. The molecule has 0 aromatic rings. The minimum atomic E-state index is 0.347. The van der Waals surface area contributed by atoms with Crippen molar-refractivity contribution in [3.8, 4) is 0 Å². The largest absolute Gasteiger partial charge is 0.383 e. The van der Waals surface area contributed by atoms with Gasteiger partial charge >= 0.3 is 0 Å². The zero-order valence-electron chi connectivity index (χ0n) is 6.59. The van der Waals surface area contributed by atoms with Crippen LogP contribution in [-0.2, 0) is 9.47 Å². The lowest BCUT2D eigenvalue weighted by atomic mass is 10.2. The van der Waals surface area contributed by atoms with Crippen molar-refractivity contribution < 1.29 is 9.47 Å². The molecule has 3 nitrogen and oxygen atoms in total. The van der Waals surface area contributed by atoms with E-state index in [1.165, 1.54) is 0 Å². The summed E-state index contributed by atoms with van der Waals surface area (Å²) in [6.07, 6.45) is 1.45. The third kappa shape index (κ3) is 1.68. The van der Waals surface area contributed by atoms with Crippen LogP contribution in [0.3, 0.4) is 0 Å². The molecular formula is C7H15NO2. The number of hydrogen-bond acceptors (Lipinski definition) is 3. The number of ether oxygens (including phenoxy) is 2. The van der Waals surface area contributed by atoms with Crippen LogP contribution in [0.25, 0.3) is 0 Å². The third-order valence-corrected chi connectivity index (χ3v) is 1.93. The maximum absolute atomic E-state index is 5.23. The van der Waals surface area contributed by atoms with E-state index in [9.17, 15) is 0 Å². The van der Waals surface area contributed by atoms with Crippen molar-refractivity contribution in [2.75, 3.05) is 27.4 Å². The Hall–Kier alpha value is -0.120. The van der Waals surface area contributed by atoms with Gasteiger partial charge < -0.3 is 14.8 Å². The molecule has 0 aliphatic carbocycles. The summed E-state index contributed by atoms with van der Waals surface area (Å²) < 4.78 is 10.2. The summed E-state index contributed by atoms with van der Waals surface area (Å²) in [6, 6.07) is 0.398. The van der Waals surface area contributed by atoms with Gasteiger partial charge in [-0.3, -0.25) is 0 Å². The first kappa shape index (κ1) is 7.98. The van der Waals surface area contributed by atoms with E-state index in [0.717, 1.165) is 19.6 Å². The van der Waals surface area contributed by atoms with Crippen LogP contribution in [0, 0.1) is 0 Å². The fourth-order valence-corrected chi connectivity index (χ4v) is 1.37. The monoisotopic (exact) mass is 145 g/mol. The molecule has 0 radical (unpaired) electrons. The molecule has 1 heterocycles. The molecule has 0 bridgehead atoms. The molecule has 0 spiro atoms. The average molecular weight is 145 g/mol. The zero-order valence-corrected chi connectivity index (χ0v) is 6.59. The minimum Gasteiger partial charge on any atom is -0.383 e. The molecule has 10 heavy (non-hydrogen) atoms. The maximum atomic E-state index is 5.23. The van der Waals surface area contributed by atoms with E-state index in [-0.39, 0.29) is 0 Å². The molecule has 1 aliphatic heterocycles. The summed E-state index contributed by atoms with van der Waals surface area (Å²) >= 11 is 0. The van der Waals surface area contributed by atoms with Gasteiger partial charge in [0.2, 0.25) is 0 Å². The molecule has 0 saturated carbocycles. The Morgan fingerprint density at radius 1 is 1.50 bits per heavy atom. The molecule has 0 aromatic carbocycles. The second-order valence-electron chi connectivity index (χ2n) is 2.58. The summed E-state index contributed by atoms with van der Waals surface area (Å²) in [4.78, 5) is 0. The summed E-state index contributed by atoms with van der Waals surface area (Å²) in [5.74, 6) is 0. The van der Waals surface area contributed by atoms with Gasteiger partial charge in [-0.05, 0) is 13.0 Å². The molecule has 0 aromatic heterocycles. The Balaban J connectivity index is 2.27. The second kappa shape index (κ2) is 3.91. The van der Waals surface area contributed by atoms with Gasteiger partial charge in [-0.2, -0.15) is 0 Å². The lowest BCUT2D eigenvalue weighted by molar-refractivity contribution is 0.0579. The standard InChI is InChI=1S/C7H15NO2/c1-9-5-6-7(10-2)3-4-8-6/h6-8H,3-5H2,1-2H3. The number of nitrogens with one attached hydrogen (secondary N) is 1. The van der Waals surface area contributed by atoms with Crippen LogP contribution in [-0.4, -0.2) is 39.5 Å². The SMILES string of the molecule is COCC1NCCC1OC. The quantitative estimate of drug-likeness (QED) is 0.607. The first-order valence-corrected chi connectivity index (χ1v) is 3.63. The van der Waals surface area contributed by atoms with E-state index < -0.39 is 0 Å². The Morgan fingerprint density at radius 2 is 2.30 bits per heavy atom. The zero-order chi connectivity index (χ0) is 7.40. The first-order chi connectivity index (χ1) is 4.88. The van der Waals surface area contributed by atoms with Crippen molar-refractivity contribution in [2.24, 2.45) is 0 Å². The fourth-order valence-electron chi connectivity index (χ4n) is 1.37. The van der Waals surface area contributed by atoms with Gasteiger partial charge in [0.05, 0.1) is 18.8 Å². The Kier molecular flexibility index (Phi) is 3.12. The Labute approximate surface area is 61.7 Å². The summed E-state index contributed by atoms with van der Waals surface area (Å²) in [6.45, 7) is 1.80. The van der Waals surface area contributed by atoms with E-state index in [2.05, 4.69) is 5.32 Å². The molecule has 1 aliphatic rings. The van der Waals surface area contributed by atoms with Crippen molar-refractivity contribution in [3.63, 3.8) is 0 Å². The highest BCUT2D eigenvalue weighted by atomic mass is 16.5. The van der Waals surface area contributed by atoms with E-state index in [1.54, 1.807) is 14.2 Å². The lowest BCUT2D eigenvalue weighted by Crippen LogP contribution is -2.35. The molecule has 1 rings (SSSR count). The van der Waals surface area contributed by atoms with Crippen molar-refractivity contribution in [1.82, 2.24) is 5.32 Å². The molecule has 2 unspecified atom stereocenters. The summed E-state index contributed by atoms with van der Waals surface area (Å²) in [5, 5.41) is 3.31. The van der Waals surface area contributed by atoms with Crippen LogP contribution >= 0.6 is 0 Å². The van der Waals surface area contributed by atoms with Gasteiger partial charge in [0, 0.05) is 14.2 Å². The molecule has 2 atom stereocenters. The summed E-state index contributed by atoms with van der Waals surface area (Å²) in [5.41, 5.74) is 0. The van der Waals surface area contributed by atoms with Crippen LogP contribution in [0.4, 0.5) is 0 Å². The third-order valence-electron chi connectivity index (χ3n) is 1.93. The fraction of sp³-hybridized carbons (Fsp3) is 1.00. The normalized spacial score (nSPS) is 33.0. The Morgan fingerprint density at radius 3 is 2.90 bits per heavy atom. The van der Waals surface area contributed by atoms with Crippen LogP contribution < -0.4 is 5.32 Å². The number of hydrogen-bond donors (Lipinski definition) is 1. The molecule has 1 saturated heterocycles. The number of rotatable bonds is 3. The predicted molar refractivity (Wildman–Crippen MR) is 39.1 cm³/mol. The maximum Gasteiger partial charge on any atom is 0.0758 e.